The van der Waals surface area contributed by atoms with Crippen LogP contribution in [0.1, 0.15) is 43.8 Å². The summed E-state index contributed by atoms with van der Waals surface area (Å²) in [5.74, 6) is 2.81. The number of hydrogen-bond acceptors (Lipinski definition) is 5. The molecule has 2 N–H and O–H groups in total. The summed E-state index contributed by atoms with van der Waals surface area (Å²) < 4.78 is 7.78. The molecule has 0 spiro atoms. The number of hydrogen-bond donors (Lipinski definition) is 2. The van der Waals surface area contributed by atoms with Gasteiger partial charge in [-0.1, -0.05) is 13.3 Å². The summed E-state index contributed by atoms with van der Waals surface area (Å²) in [4.78, 5) is 6.86. The number of aromatic nitrogens is 3. The lowest BCUT2D eigenvalue weighted by molar-refractivity contribution is 0.146. The highest BCUT2D eigenvalue weighted by Gasteiger charge is 2.24. The molecule has 1 aliphatic heterocycles. The summed E-state index contributed by atoms with van der Waals surface area (Å²) in [6.07, 6.45) is 8.24. The highest BCUT2D eigenvalue weighted by molar-refractivity contribution is 5.79. The number of nitrogens with zero attached hydrogens (tertiary/aromatic N) is 5. The third kappa shape index (κ3) is 5.32. The van der Waals surface area contributed by atoms with Gasteiger partial charge in [-0.05, 0) is 38.1 Å². The van der Waals surface area contributed by atoms with Crippen LogP contribution in [-0.4, -0.2) is 58.9 Å². The van der Waals surface area contributed by atoms with Gasteiger partial charge >= 0.3 is 0 Å². The second-order valence-corrected chi connectivity index (χ2v) is 6.80. The van der Waals surface area contributed by atoms with Crippen LogP contribution in [0.25, 0.3) is 0 Å². The van der Waals surface area contributed by atoms with Crippen LogP contribution in [0.4, 0.5) is 0 Å². The third-order valence-corrected chi connectivity index (χ3v) is 5.05. The maximum atomic E-state index is 5.71. The average Bonchev–Trinajstić information content (AvgIpc) is 3.39. The van der Waals surface area contributed by atoms with Crippen LogP contribution in [-0.2, 0) is 13.0 Å². The van der Waals surface area contributed by atoms with Crippen molar-refractivity contribution in [1.29, 1.82) is 0 Å². The second-order valence-electron chi connectivity index (χ2n) is 6.80. The van der Waals surface area contributed by atoms with Gasteiger partial charge in [0, 0.05) is 33.1 Å². The molecule has 0 aliphatic carbocycles. The van der Waals surface area contributed by atoms with Crippen LogP contribution < -0.4 is 10.6 Å². The van der Waals surface area contributed by atoms with Gasteiger partial charge in [-0.25, -0.2) is 0 Å². The standard InChI is InChI=1S/C19H31N7O/c1-3-18-24-23-15-26(18)12-9-21-19(20-2)22-14-16(17-8-7-13-27-17)25-10-5-4-6-11-25/h7-8,13,15-16H,3-6,9-12,14H2,1-2H3,(H2,20,21,22). The maximum Gasteiger partial charge on any atom is 0.191 e. The van der Waals surface area contributed by atoms with E-state index in [9.17, 15) is 0 Å². The summed E-state index contributed by atoms with van der Waals surface area (Å²) in [6.45, 7) is 6.66. The van der Waals surface area contributed by atoms with Gasteiger partial charge in [0.15, 0.2) is 5.96 Å². The van der Waals surface area contributed by atoms with E-state index >= 15 is 0 Å². The minimum absolute atomic E-state index is 0.225. The van der Waals surface area contributed by atoms with Crippen molar-refractivity contribution < 1.29 is 4.42 Å². The summed E-state index contributed by atoms with van der Waals surface area (Å²) in [5, 5.41) is 14.9. The molecular weight excluding hydrogens is 342 g/mol. The molecule has 2 aromatic rings. The molecule has 148 valence electrons. The van der Waals surface area contributed by atoms with Gasteiger partial charge in [0.05, 0.1) is 12.3 Å². The molecule has 8 nitrogen and oxygen atoms in total. The molecule has 3 heterocycles. The number of furan rings is 1. The van der Waals surface area contributed by atoms with Crippen LogP contribution >= 0.6 is 0 Å². The molecule has 1 unspecified atom stereocenters. The SMILES string of the molecule is CCc1nncn1CCNC(=NC)NCC(c1ccco1)N1CCCCC1. The third-order valence-electron chi connectivity index (χ3n) is 5.05. The molecule has 8 heteroatoms. The molecular formula is C19H31N7O. The molecule has 1 atom stereocenters. The molecule has 0 bridgehead atoms. The normalized spacial score (nSPS) is 17.0. The number of aryl methyl sites for hydroxylation is 1. The zero-order valence-corrected chi connectivity index (χ0v) is 16.4. The quantitative estimate of drug-likeness (QED) is 0.543. The van der Waals surface area contributed by atoms with E-state index in [1.807, 2.05) is 6.07 Å². The Hall–Kier alpha value is -2.35. The lowest BCUT2D eigenvalue weighted by atomic mass is 10.1. The Labute approximate surface area is 161 Å². The monoisotopic (exact) mass is 373 g/mol. The van der Waals surface area contributed by atoms with Gasteiger partial charge in [-0.2, -0.15) is 0 Å². The fourth-order valence-electron chi connectivity index (χ4n) is 3.57. The second kappa shape index (κ2) is 10.1. The first-order valence-corrected chi connectivity index (χ1v) is 9.90. The van der Waals surface area contributed by atoms with Crippen molar-refractivity contribution in [3.8, 4) is 0 Å². The van der Waals surface area contributed by atoms with E-state index in [4.69, 9.17) is 4.42 Å². The van der Waals surface area contributed by atoms with E-state index in [2.05, 4.69) is 48.3 Å². The van der Waals surface area contributed by atoms with Crippen molar-refractivity contribution in [3.05, 3.63) is 36.3 Å². The van der Waals surface area contributed by atoms with Crippen LogP contribution in [0.5, 0.6) is 0 Å². The topological polar surface area (TPSA) is 83.5 Å². The van der Waals surface area contributed by atoms with Crippen LogP contribution in [0.2, 0.25) is 0 Å². The first-order valence-electron chi connectivity index (χ1n) is 9.90. The van der Waals surface area contributed by atoms with E-state index in [0.717, 1.165) is 56.7 Å². The fraction of sp³-hybridized carbons (Fsp3) is 0.632. The Bertz CT molecular complexity index is 689. The Kier molecular flexibility index (Phi) is 7.27. The highest BCUT2D eigenvalue weighted by atomic mass is 16.3. The first-order chi connectivity index (χ1) is 13.3. The van der Waals surface area contributed by atoms with Gasteiger partial charge in [0.1, 0.15) is 17.9 Å². The molecule has 0 radical (unpaired) electrons. The number of nitrogens with one attached hydrogen (secondary N) is 2. The number of likely N-dealkylation sites (tertiary alicyclic amines) is 1. The van der Waals surface area contributed by atoms with Crippen molar-refractivity contribution in [3.63, 3.8) is 0 Å². The van der Waals surface area contributed by atoms with Crippen LogP contribution in [0, 0.1) is 0 Å². The number of guanidine groups is 1. The van der Waals surface area contributed by atoms with Crippen molar-refractivity contribution in [1.82, 2.24) is 30.3 Å². The summed E-state index contributed by atoms with van der Waals surface area (Å²) in [6, 6.07) is 4.25. The van der Waals surface area contributed by atoms with E-state index in [1.165, 1.54) is 19.3 Å². The number of rotatable bonds is 8. The van der Waals surface area contributed by atoms with Crippen molar-refractivity contribution in [2.45, 2.75) is 45.2 Å². The lowest BCUT2D eigenvalue weighted by Crippen LogP contribution is -2.45. The fourth-order valence-corrected chi connectivity index (χ4v) is 3.57. The van der Waals surface area contributed by atoms with Crippen molar-refractivity contribution >= 4 is 5.96 Å². The first kappa shape index (κ1) is 19.4. The molecule has 0 saturated carbocycles. The van der Waals surface area contributed by atoms with Gasteiger partial charge in [0.2, 0.25) is 0 Å². The minimum Gasteiger partial charge on any atom is -0.468 e. The highest BCUT2D eigenvalue weighted by Crippen LogP contribution is 2.24. The van der Waals surface area contributed by atoms with Gasteiger partial charge < -0.3 is 19.6 Å². The summed E-state index contributed by atoms with van der Waals surface area (Å²) in [7, 11) is 1.80. The zero-order chi connectivity index (χ0) is 18.9. The maximum absolute atomic E-state index is 5.71. The van der Waals surface area contributed by atoms with E-state index in [-0.39, 0.29) is 6.04 Å². The molecule has 1 fully saturated rings. The lowest BCUT2D eigenvalue weighted by Gasteiger charge is -2.33. The number of aliphatic imine (C=N–C) groups is 1. The van der Waals surface area contributed by atoms with Gasteiger partial charge in [-0.15, -0.1) is 10.2 Å². The molecule has 2 aromatic heterocycles. The van der Waals surface area contributed by atoms with Gasteiger partial charge in [-0.3, -0.25) is 9.89 Å². The molecule has 1 saturated heterocycles. The minimum atomic E-state index is 0.225. The predicted molar refractivity (Wildman–Crippen MR) is 106 cm³/mol. The van der Waals surface area contributed by atoms with E-state index in [1.54, 1.807) is 19.6 Å². The van der Waals surface area contributed by atoms with Crippen molar-refractivity contribution in [2.24, 2.45) is 4.99 Å². The molecule has 3 rings (SSSR count). The van der Waals surface area contributed by atoms with Crippen molar-refractivity contribution in [2.75, 3.05) is 33.2 Å². The number of piperidine rings is 1. The van der Waals surface area contributed by atoms with E-state index < -0.39 is 0 Å². The smallest absolute Gasteiger partial charge is 0.191 e. The predicted octanol–water partition coefficient (Wildman–Crippen LogP) is 1.83. The Morgan fingerprint density at radius 1 is 1.30 bits per heavy atom. The van der Waals surface area contributed by atoms with E-state index in [0.29, 0.717) is 0 Å². The molecule has 0 aromatic carbocycles. The molecule has 0 amide bonds. The van der Waals surface area contributed by atoms with Gasteiger partial charge in [0.25, 0.3) is 0 Å². The summed E-state index contributed by atoms with van der Waals surface area (Å²) in [5.41, 5.74) is 0. The molecule has 1 aliphatic rings. The van der Waals surface area contributed by atoms with Crippen LogP contribution in [0.3, 0.4) is 0 Å². The van der Waals surface area contributed by atoms with Crippen LogP contribution in [0.15, 0.2) is 34.1 Å². The largest absolute Gasteiger partial charge is 0.468 e. The Morgan fingerprint density at radius 3 is 2.85 bits per heavy atom. The summed E-state index contributed by atoms with van der Waals surface area (Å²) >= 11 is 0. The zero-order valence-electron chi connectivity index (χ0n) is 16.4. The Morgan fingerprint density at radius 2 is 2.15 bits per heavy atom. The molecule has 27 heavy (non-hydrogen) atoms. The Balaban J connectivity index is 1.51. The average molecular weight is 374 g/mol.